The van der Waals surface area contributed by atoms with Gasteiger partial charge in [-0.3, -0.25) is 9.11 Å². The Morgan fingerprint density at radius 2 is 1.17 bits per heavy atom. The summed E-state index contributed by atoms with van der Waals surface area (Å²) in [5.74, 6) is 0. The van der Waals surface area contributed by atoms with Crippen molar-refractivity contribution in [2.75, 3.05) is 0 Å². The molecule has 0 unspecified atom stereocenters. The van der Waals surface area contributed by atoms with Gasteiger partial charge in [0.2, 0.25) is 0 Å². The van der Waals surface area contributed by atoms with Gasteiger partial charge in [-0.15, -0.1) is 0 Å². The zero-order valence-corrected chi connectivity index (χ0v) is 9.73. The first kappa shape index (κ1) is 14.7. The van der Waals surface area contributed by atoms with Crippen molar-refractivity contribution in [2.45, 2.75) is 20.8 Å². The standard InChI is InChI=1S/3C2H4.H2O4S.Ti/c3*1-2;1-5(2,3)4;/h3*1H,2H3;(H2,1,2,3,4);. The molecule has 0 spiro atoms. The maximum absolute atomic E-state index is 8.74. The molecule has 0 saturated heterocycles. The fourth-order valence-corrected chi connectivity index (χ4v) is 2.06. The Morgan fingerprint density at radius 1 is 1.00 bits per heavy atom. The molecule has 12 heavy (non-hydrogen) atoms. The Balaban J connectivity index is 0. The molecule has 0 atom stereocenters. The smallest absolute Gasteiger partial charge is 0.264 e. The molecule has 72 valence electrons. The molecule has 0 rings (SSSR count). The Kier molecular flexibility index (Phi) is 9.59. The van der Waals surface area contributed by atoms with Crippen LogP contribution in [0.4, 0.5) is 0 Å². The van der Waals surface area contributed by atoms with E-state index in [1.165, 1.54) is 0 Å². The molecular formula is C6H14O4STi. The first-order valence-corrected chi connectivity index (χ1v) is 7.40. The predicted octanol–water partition coefficient (Wildman–Crippen LogP) is 0.418. The molecule has 0 aromatic heterocycles. The summed E-state index contributed by atoms with van der Waals surface area (Å²) in [4.78, 5) is 0. The van der Waals surface area contributed by atoms with Crippen molar-refractivity contribution in [2.24, 2.45) is 0 Å². The van der Waals surface area contributed by atoms with Crippen LogP contribution in [0.15, 0.2) is 0 Å². The van der Waals surface area contributed by atoms with Gasteiger partial charge in [0, 0.05) is 0 Å². The Morgan fingerprint density at radius 3 is 1.17 bits per heavy atom. The van der Waals surface area contributed by atoms with E-state index in [1.807, 2.05) is 0 Å². The summed E-state index contributed by atoms with van der Waals surface area (Å²) >= 11 is -0.778. The third kappa shape index (κ3) is 22.5. The van der Waals surface area contributed by atoms with Crippen LogP contribution in [0, 0.1) is 0 Å². The summed E-state index contributed by atoms with van der Waals surface area (Å²) in [5, 5.41) is 0. The fraction of sp³-hybridized carbons (Fsp3) is 0.500. The van der Waals surface area contributed by atoms with Crippen molar-refractivity contribution in [1.82, 2.24) is 0 Å². The van der Waals surface area contributed by atoms with Gasteiger partial charge in [0.25, 0.3) is 0 Å². The van der Waals surface area contributed by atoms with Crippen molar-refractivity contribution >= 4 is 23.3 Å². The molecule has 0 heterocycles. The summed E-state index contributed by atoms with van der Waals surface area (Å²) in [6.45, 7) is 6.44. The van der Waals surface area contributed by atoms with Crippen LogP contribution in [0.1, 0.15) is 20.8 Å². The predicted molar refractivity (Wildman–Crippen MR) is 49.4 cm³/mol. The second-order valence-electron chi connectivity index (χ2n) is 1.81. The SMILES string of the molecule is C[CH]=[Ti](=[CH]C)=[CH]C.O=S(=O)(O)O. The van der Waals surface area contributed by atoms with E-state index in [1.54, 1.807) is 0 Å². The maximum atomic E-state index is 8.74. The summed E-state index contributed by atoms with van der Waals surface area (Å²) in [6.07, 6.45) is 0. The van der Waals surface area contributed by atoms with Crippen molar-refractivity contribution < 1.29 is 34.0 Å². The largest absolute Gasteiger partial charge is 0.394 e. The Bertz CT molecular complexity index is 294. The van der Waals surface area contributed by atoms with Crippen LogP contribution < -0.4 is 0 Å². The monoisotopic (exact) mass is 230 g/mol. The molecule has 0 radical (unpaired) electrons. The van der Waals surface area contributed by atoms with E-state index in [0.717, 1.165) is 0 Å². The summed E-state index contributed by atoms with van der Waals surface area (Å²) in [7, 11) is -4.67. The zero-order valence-electron chi connectivity index (χ0n) is 7.35. The van der Waals surface area contributed by atoms with E-state index in [4.69, 9.17) is 17.5 Å². The van der Waals surface area contributed by atoms with Gasteiger partial charge in [-0.2, -0.15) is 8.42 Å². The normalized spacial score (nSPS) is 8.33. The molecule has 0 aromatic rings. The molecule has 0 aliphatic heterocycles. The van der Waals surface area contributed by atoms with Gasteiger partial charge in [0.1, 0.15) is 0 Å². The average Bonchev–Trinajstić information content (AvgIpc) is 1.88. The van der Waals surface area contributed by atoms with Gasteiger partial charge in [-0.25, -0.2) is 0 Å². The first-order valence-electron chi connectivity index (χ1n) is 3.30. The van der Waals surface area contributed by atoms with Crippen LogP contribution in [0.5, 0.6) is 0 Å². The van der Waals surface area contributed by atoms with E-state index in [-0.39, 0.29) is 0 Å². The van der Waals surface area contributed by atoms with Crippen molar-refractivity contribution in [3.05, 3.63) is 0 Å². The molecule has 0 fully saturated rings. The van der Waals surface area contributed by atoms with E-state index >= 15 is 0 Å². The van der Waals surface area contributed by atoms with Gasteiger partial charge < -0.3 is 0 Å². The van der Waals surface area contributed by atoms with E-state index in [2.05, 4.69) is 33.7 Å². The topological polar surface area (TPSA) is 74.6 Å². The Labute approximate surface area is 78.2 Å². The fourth-order valence-electron chi connectivity index (χ4n) is 0.500. The van der Waals surface area contributed by atoms with Gasteiger partial charge >= 0.3 is 60.6 Å². The molecule has 4 nitrogen and oxygen atoms in total. The second-order valence-corrected chi connectivity index (χ2v) is 6.98. The molecule has 0 aliphatic carbocycles. The number of hydrogen-bond acceptors (Lipinski definition) is 2. The minimum atomic E-state index is -4.67. The summed E-state index contributed by atoms with van der Waals surface area (Å²) < 4.78 is 38.6. The summed E-state index contributed by atoms with van der Waals surface area (Å²) in [5.41, 5.74) is 0. The molecule has 0 amide bonds. The van der Waals surface area contributed by atoms with Crippen LogP contribution in [-0.4, -0.2) is 30.5 Å². The zero-order chi connectivity index (χ0) is 10.2. The Hall–Kier alpha value is 0.194. The van der Waals surface area contributed by atoms with E-state index < -0.39 is 26.9 Å². The van der Waals surface area contributed by atoms with E-state index in [9.17, 15) is 0 Å². The molecule has 0 bridgehead atoms. The molecular weight excluding hydrogens is 216 g/mol. The van der Waals surface area contributed by atoms with Crippen molar-refractivity contribution in [3.8, 4) is 0 Å². The minimum absolute atomic E-state index is 0.778. The second kappa shape index (κ2) is 7.82. The van der Waals surface area contributed by atoms with Crippen LogP contribution >= 0.6 is 0 Å². The number of rotatable bonds is 0. The molecule has 0 aliphatic rings. The molecule has 0 aromatic carbocycles. The third-order valence-electron chi connectivity index (χ3n) is 1.00. The maximum Gasteiger partial charge on any atom is 0.394 e. The van der Waals surface area contributed by atoms with E-state index in [0.29, 0.717) is 0 Å². The molecule has 6 heteroatoms. The van der Waals surface area contributed by atoms with Crippen LogP contribution in [-0.2, 0) is 26.9 Å². The average molecular weight is 230 g/mol. The van der Waals surface area contributed by atoms with Gasteiger partial charge in [-0.05, 0) is 0 Å². The van der Waals surface area contributed by atoms with Crippen molar-refractivity contribution in [1.29, 1.82) is 0 Å². The first-order chi connectivity index (χ1) is 5.35. The van der Waals surface area contributed by atoms with Gasteiger partial charge in [-0.1, -0.05) is 0 Å². The third-order valence-corrected chi connectivity index (χ3v) is 4.12. The molecule has 0 saturated carbocycles. The quantitative estimate of drug-likeness (QED) is 0.467. The van der Waals surface area contributed by atoms with Crippen molar-refractivity contribution in [3.63, 3.8) is 0 Å². The van der Waals surface area contributed by atoms with Gasteiger partial charge in [0.05, 0.1) is 0 Å². The minimum Gasteiger partial charge on any atom is -0.264 e. The number of hydrogen-bond donors (Lipinski definition) is 2. The molecule has 2 N–H and O–H groups in total. The van der Waals surface area contributed by atoms with Gasteiger partial charge in [0.15, 0.2) is 0 Å². The van der Waals surface area contributed by atoms with Crippen LogP contribution in [0.3, 0.4) is 0 Å². The summed E-state index contributed by atoms with van der Waals surface area (Å²) in [6, 6.07) is 0. The van der Waals surface area contributed by atoms with Crippen LogP contribution in [0.25, 0.3) is 0 Å². The van der Waals surface area contributed by atoms with Crippen LogP contribution in [0.2, 0.25) is 0 Å².